The minimum Gasteiger partial charge on any atom is -0.507 e. The fourth-order valence-corrected chi connectivity index (χ4v) is 4.01. The van der Waals surface area contributed by atoms with Gasteiger partial charge in [-0.3, -0.25) is 9.59 Å². The number of ketones is 1. The summed E-state index contributed by atoms with van der Waals surface area (Å²) in [6, 6.07) is 13.9. The second kappa shape index (κ2) is 11.0. The van der Waals surface area contributed by atoms with Crippen LogP contribution in [0.15, 0.2) is 66.8 Å². The second-order valence-corrected chi connectivity index (χ2v) is 8.05. The lowest BCUT2D eigenvalue weighted by Crippen LogP contribution is -2.38. The van der Waals surface area contributed by atoms with Crippen molar-refractivity contribution in [3.05, 3.63) is 83.4 Å². The molecule has 6 nitrogen and oxygen atoms in total. The van der Waals surface area contributed by atoms with Crippen molar-refractivity contribution in [3.8, 4) is 5.75 Å². The average Bonchev–Trinajstić information content (AvgIpc) is 3.08. The number of carbonyl (C=O) groups is 2. The number of benzene rings is 2. The van der Waals surface area contributed by atoms with Crippen molar-refractivity contribution in [2.45, 2.75) is 26.8 Å². The molecular weight excluding hydrogens is 416 g/mol. The van der Waals surface area contributed by atoms with E-state index in [1.165, 1.54) is 0 Å². The van der Waals surface area contributed by atoms with Crippen molar-refractivity contribution in [3.63, 3.8) is 0 Å². The van der Waals surface area contributed by atoms with Crippen LogP contribution in [0.3, 0.4) is 0 Å². The van der Waals surface area contributed by atoms with E-state index in [0.717, 1.165) is 24.2 Å². The van der Waals surface area contributed by atoms with E-state index >= 15 is 0 Å². The van der Waals surface area contributed by atoms with Crippen LogP contribution in [0.5, 0.6) is 5.75 Å². The first kappa shape index (κ1) is 24.3. The van der Waals surface area contributed by atoms with Gasteiger partial charge >= 0.3 is 0 Å². The summed E-state index contributed by atoms with van der Waals surface area (Å²) in [4.78, 5) is 29.9. The molecule has 1 aliphatic rings. The molecule has 1 heterocycles. The van der Waals surface area contributed by atoms with E-state index in [0.29, 0.717) is 31.0 Å². The number of carbonyl (C=O) groups excluding carboxylic acids is 2. The molecule has 1 aliphatic heterocycles. The molecule has 3 rings (SSSR count). The van der Waals surface area contributed by atoms with Crippen LogP contribution in [0.2, 0.25) is 0 Å². The van der Waals surface area contributed by atoms with Crippen molar-refractivity contribution in [1.29, 1.82) is 0 Å². The molecule has 0 unspecified atom stereocenters. The number of aliphatic hydroxyl groups is 1. The normalized spacial score (nSPS) is 17.6. The number of aliphatic hydroxyl groups excluding tert-OH is 1. The maximum atomic E-state index is 13.1. The molecule has 6 heteroatoms. The van der Waals surface area contributed by atoms with Gasteiger partial charge in [0.05, 0.1) is 11.6 Å². The minimum atomic E-state index is -0.671. The molecule has 174 valence electrons. The van der Waals surface area contributed by atoms with Gasteiger partial charge in [-0.2, -0.15) is 0 Å². The predicted octanol–water partition coefficient (Wildman–Crippen LogP) is 4.32. The van der Waals surface area contributed by atoms with Crippen LogP contribution in [-0.2, 0) is 9.59 Å². The van der Waals surface area contributed by atoms with Crippen molar-refractivity contribution < 1.29 is 19.4 Å². The zero-order chi connectivity index (χ0) is 24.0. The van der Waals surface area contributed by atoms with Gasteiger partial charge in [-0.05, 0) is 37.7 Å². The highest BCUT2D eigenvalue weighted by Crippen LogP contribution is 2.39. The quantitative estimate of drug-likeness (QED) is 0.254. The Hall–Kier alpha value is -3.38. The maximum absolute atomic E-state index is 13.1. The first-order chi connectivity index (χ1) is 15.9. The Kier molecular flexibility index (Phi) is 8.06. The van der Waals surface area contributed by atoms with Crippen LogP contribution < -0.4 is 4.74 Å². The van der Waals surface area contributed by atoms with Crippen LogP contribution in [-0.4, -0.2) is 59.4 Å². The first-order valence-corrected chi connectivity index (χ1v) is 11.3. The molecule has 1 saturated heterocycles. The molecule has 0 spiro atoms. The number of nitrogens with zero attached hydrogens (tertiary/aromatic N) is 2. The van der Waals surface area contributed by atoms with Gasteiger partial charge in [-0.15, -0.1) is 0 Å². The fourth-order valence-electron chi connectivity index (χ4n) is 4.01. The molecule has 0 radical (unpaired) electrons. The molecule has 0 aromatic heterocycles. The standard InChI is InChI=1S/C27H32N2O4/c1-5-18-33-22-14-12-20(13-15-22)24-23(25(30)21-10-8-19(4)9-11-21)26(31)27(32)29(24)17-16-28(6-2)7-3/h5,8-15,24,30H,1,6-7,16-18H2,2-4H3/b25-23+/t24-/m0/s1. The average molecular weight is 449 g/mol. The number of ether oxygens (including phenoxy) is 1. The second-order valence-electron chi connectivity index (χ2n) is 8.05. The zero-order valence-electron chi connectivity index (χ0n) is 19.6. The summed E-state index contributed by atoms with van der Waals surface area (Å²) in [5, 5.41) is 11.1. The largest absolute Gasteiger partial charge is 0.507 e. The topological polar surface area (TPSA) is 70.1 Å². The molecule has 1 atom stereocenters. The van der Waals surface area contributed by atoms with Crippen molar-refractivity contribution in [2.75, 3.05) is 32.8 Å². The van der Waals surface area contributed by atoms with E-state index < -0.39 is 17.7 Å². The lowest BCUT2D eigenvalue weighted by atomic mass is 9.95. The van der Waals surface area contributed by atoms with Gasteiger partial charge in [0.1, 0.15) is 18.1 Å². The number of hydrogen-bond donors (Lipinski definition) is 1. The molecule has 33 heavy (non-hydrogen) atoms. The predicted molar refractivity (Wildman–Crippen MR) is 130 cm³/mol. The Morgan fingerprint density at radius 2 is 1.73 bits per heavy atom. The number of Topliss-reactive ketones (excluding diaryl/α,β-unsaturated/α-hetero) is 1. The highest BCUT2D eigenvalue weighted by molar-refractivity contribution is 6.46. The number of likely N-dealkylation sites (N-methyl/N-ethyl adjacent to an activating group) is 1. The van der Waals surface area contributed by atoms with Gasteiger partial charge in [-0.1, -0.05) is 68.5 Å². The van der Waals surface area contributed by atoms with Crippen molar-refractivity contribution >= 4 is 17.4 Å². The minimum absolute atomic E-state index is 0.114. The molecule has 0 aliphatic carbocycles. The molecule has 0 saturated carbocycles. The zero-order valence-corrected chi connectivity index (χ0v) is 19.6. The lowest BCUT2D eigenvalue weighted by Gasteiger charge is -2.28. The van der Waals surface area contributed by atoms with Gasteiger partial charge in [0, 0.05) is 18.7 Å². The molecule has 2 aromatic carbocycles. The van der Waals surface area contributed by atoms with Crippen LogP contribution in [0.1, 0.15) is 36.6 Å². The SMILES string of the molecule is C=CCOc1ccc([C@H]2/C(=C(\O)c3ccc(C)cc3)C(=O)C(=O)N2CCN(CC)CC)cc1. The summed E-state index contributed by atoms with van der Waals surface area (Å²) in [5.41, 5.74) is 2.41. The van der Waals surface area contributed by atoms with E-state index in [4.69, 9.17) is 4.74 Å². The Morgan fingerprint density at radius 1 is 1.09 bits per heavy atom. The Bertz CT molecular complexity index is 1020. The van der Waals surface area contributed by atoms with Crippen LogP contribution >= 0.6 is 0 Å². The van der Waals surface area contributed by atoms with E-state index in [-0.39, 0.29) is 11.3 Å². The lowest BCUT2D eigenvalue weighted by molar-refractivity contribution is -0.140. The summed E-state index contributed by atoms with van der Waals surface area (Å²) < 4.78 is 5.57. The van der Waals surface area contributed by atoms with Gasteiger partial charge in [0.15, 0.2) is 0 Å². The fraction of sp³-hybridized carbons (Fsp3) is 0.333. The van der Waals surface area contributed by atoms with Crippen molar-refractivity contribution in [1.82, 2.24) is 9.80 Å². The third-order valence-electron chi connectivity index (χ3n) is 5.98. The summed E-state index contributed by atoms with van der Waals surface area (Å²) >= 11 is 0. The number of rotatable bonds is 10. The Morgan fingerprint density at radius 3 is 2.30 bits per heavy atom. The highest BCUT2D eigenvalue weighted by atomic mass is 16.5. The molecule has 1 amide bonds. The smallest absolute Gasteiger partial charge is 0.295 e. The molecular formula is C27H32N2O4. The Balaban J connectivity index is 2.05. The van der Waals surface area contributed by atoms with Crippen LogP contribution in [0, 0.1) is 6.92 Å². The maximum Gasteiger partial charge on any atom is 0.295 e. The van der Waals surface area contributed by atoms with E-state index in [2.05, 4.69) is 25.3 Å². The van der Waals surface area contributed by atoms with E-state index in [1.807, 2.05) is 31.2 Å². The van der Waals surface area contributed by atoms with Crippen LogP contribution in [0.25, 0.3) is 5.76 Å². The summed E-state index contributed by atoms with van der Waals surface area (Å²) in [5.74, 6) is -0.745. The molecule has 1 N–H and O–H groups in total. The highest BCUT2D eigenvalue weighted by Gasteiger charge is 2.45. The molecule has 2 aromatic rings. The van der Waals surface area contributed by atoms with Gasteiger partial charge in [0.2, 0.25) is 0 Å². The van der Waals surface area contributed by atoms with Gasteiger partial charge in [0.25, 0.3) is 11.7 Å². The van der Waals surface area contributed by atoms with E-state index in [1.54, 1.807) is 35.2 Å². The van der Waals surface area contributed by atoms with Gasteiger partial charge < -0.3 is 19.6 Å². The molecule has 0 bridgehead atoms. The first-order valence-electron chi connectivity index (χ1n) is 11.3. The molecule has 1 fully saturated rings. The number of amides is 1. The summed E-state index contributed by atoms with van der Waals surface area (Å²) in [6.45, 7) is 12.8. The third kappa shape index (κ3) is 5.34. The number of hydrogen-bond acceptors (Lipinski definition) is 5. The van der Waals surface area contributed by atoms with E-state index in [9.17, 15) is 14.7 Å². The third-order valence-corrected chi connectivity index (χ3v) is 5.98. The Labute approximate surface area is 195 Å². The summed E-state index contributed by atoms with van der Waals surface area (Å²) in [7, 11) is 0. The number of likely N-dealkylation sites (tertiary alicyclic amines) is 1. The summed E-state index contributed by atoms with van der Waals surface area (Å²) in [6.07, 6.45) is 1.66. The van der Waals surface area contributed by atoms with Gasteiger partial charge in [-0.25, -0.2) is 0 Å². The van der Waals surface area contributed by atoms with Crippen LogP contribution in [0.4, 0.5) is 0 Å². The monoisotopic (exact) mass is 448 g/mol. The van der Waals surface area contributed by atoms with Crippen molar-refractivity contribution in [2.24, 2.45) is 0 Å². The number of aryl methyl sites for hydroxylation is 1.